The van der Waals surface area contributed by atoms with Gasteiger partial charge < -0.3 is 5.48 Å². The first-order valence-corrected chi connectivity index (χ1v) is 0.926. The summed E-state index contributed by atoms with van der Waals surface area (Å²) in [5, 5.41) is 0. The Hall–Kier alpha value is 0.500. The molecule has 0 unspecified atom stereocenters. The van der Waals surface area contributed by atoms with Crippen LogP contribution in [0.5, 0.6) is 0 Å². The van der Waals surface area contributed by atoms with Crippen molar-refractivity contribution in [2.24, 2.45) is 0 Å². The van der Waals surface area contributed by atoms with Crippen molar-refractivity contribution in [2.45, 2.75) is 0 Å². The van der Waals surface area contributed by atoms with Crippen LogP contribution in [0.25, 0.3) is 0 Å². The first kappa shape index (κ1) is 8.82. The van der Waals surface area contributed by atoms with Crippen LogP contribution in [0, 0.1) is 0 Å². The maximum Gasteiger partial charge on any atom is 0.0832 e. The van der Waals surface area contributed by atoms with E-state index in [0.29, 0.717) is 0 Å². The molecule has 0 radical (unpaired) electrons. The second-order valence-corrected chi connectivity index (χ2v) is 0.525. The van der Waals surface area contributed by atoms with Crippen molar-refractivity contribution in [3.63, 3.8) is 0 Å². The second-order valence-electron chi connectivity index (χ2n) is 0.0583. The minimum absolute atomic E-state index is 0. The summed E-state index contributed by atoms with van der Waals surface area (Å²) < 4.78 is 3.19. The van der Waals surface area contributed by atoms with E-state index >= 15 is 0 Å². The Kier molecular flexibility index (Phi) is 21.4. The highest BCUT2D eigenvalue weighted by molar-refractivity contribution is 6.24. The summed E-state index contributed by atoms with van der Waals surface area (Å²) in [5.74, 6) is 0. The van der Waals surface area contributed by atoms with Crippen LogP contribution < -0.4 is 0 Å². The molecule has 0 aromatic rings. The molecule has 4 heavy (non-hydrogen) atoms. The molecule has 2 N–H and O–H groups in total. The molecule has 0 aliphatic heterocycles. The molecule has 0 rings (SSSR count). The Morgan fingerprint density at radius 1 is 1.25 bits per heavy atom. The molecule has 0 aliphatic carbocycles. The smallest absolute Gasteiger partial charge is 0.0832 e. The normalized spacial score (nSPS) is 4.50. The monoisotopic (exact) mass is 104 g/mol. The van der Waals surface area contributed by atoms with E-state index in [2.05, 4.69) is 27.6 Å². The maximum atomic E-state index is 4.26. The molecule has 2 nitrogen and oxygen atoms in total. The van der Waals surface area contributed by atoms with Crippen LogP contribution in [0.2, 0.25) is 0 Å². The Balaban J connectivity index is 0. The zero-order valence-electron chi connectivity index (χ0n) is 1.66. The summed E-state index contributed by atoms with van der Waals surface area (Å²) in [6, 6.07) is 0. The van der Waals surface area contributed by atoms with Gasteiger partial charge in [-0.15, -0.1) is 0 Å². The third-order valence-electron chi connectivity index (χ3n) is 0. The lowest BCUT2D eigenvalue weighted by atomic mass is 15.9. The average molecular weight is 105 g/mol. The van der Waals surface area contributed by atoms with Crippen LogP contribution in [0.1, 0.15) is 0 Å². The molecule has 0 fully saturated rings. The largest absolute Gasteiger partial charge is 0.412 e. The molecule has 0 amide bonds. The van der Waals surface area contributed by atoms with Crippen molar-refractivity contribution < 1.29 is 9.32 Å². The SMILES string of the molecule is ClOCl.O. The Morgan fingerprint density at radius 2 is 1.25 bits per heavy atom. The lowest BCUT2D eigenvalue weighted by Gasteiger charge is -1.46. The molecule has 4 heteroatoms. The van der Waals surface area contributed by atoms with Crippen molar-refractivity contribution in [3.05, 3.63) is 0 Å². The van der Waals surface area contributed by atoms with Gasteiger partial charge in [-0.25, -0.2) is 0 Å². The fourth-order valence-corrected chi connectivity index (χ4v) is 0. The van der Waals surface area contributed by atoms with E-state index in [1.165, 1.54) is 0 Å². The minimum atomic E-state index is 0. The van der Waals surface area contributed by atoms with Gasteiger partial charge in [0.1, 0.15) is 0 Å². The van der Waals surface area contributed by atoms with Crippen LogP contribution in [0.4, 0.5) is 0 Å². The molecule has 28 valence electrons. The average Bonchev–Trinajstić information content (AvgIpc) is 0.918. The van der Waals surface area contributed by atoms with E-state index in [1.54, 1.807) is 0 Å². The van der Waals surface area contributed by atoms with E-state index < -0.39 is 0 Å². The van der Waals surface area contributed by atoms with Gasteiger partial charge in [-0.05, 0) is 0 Å². The summed E-state index contributed by atoms with van der Waals surface area (Å²) >= 11 is 8.53. The number of rotatable bonds is 0. The minimum Gasteiger partial charge on any atom is -0.412 e. The molecule has 0 saturated heterocycles. The fraction of sp³-hybridized carbons (Fsp3) is 0. The molecule has 0 bridgehead atoms. The van der Waals surface area contributed by atoms with Gasteiger partial charge in [0.15, 0.2) is 0 Å². The van der Waals surface area contributed by atoms with Gasteiger partial charge in [-0.1, -0.05) is 0 Å². The molecular weight excluding hydrogens is 103 g/mol. The summed E-state index contributed by atoms with van der Waals surface area (Å²) in [4.78, 5) is 0. The predicted molar refractivity (Wildman–Crippen MR) is 16.4 cm³/mol. The topological polar surface area (TPSA) is 40.7 Å². The Labute approximate surface area is 33.9 Å². The molecular formula is H2Cl2O2. The third kappa shape index (κ3) is 22.5. The van der Waals surface area contributed by atoms with Crippen LogP contribution in [-0.4, -0.2) is 5.48 Å². The maximum absolute atomic E-state index is 4.26. The second kappa shape index (κ2) is 9.72. The van der Waals surface area contributed by atoms with E-state index in [1.807, 2.05) is 0 Å². The van der Waals surface area contributed by atoms with Crippen LogP contribution in [0.15, 0.2) is 0 Å². The first-order chi connectivity index (χ1) is 1.41. The Bertz CT molecular complexity index is 4.00. The van der Waals surface area contributed by atoms with Gasteiger partial charge in [-0.2, -0.15) is 3.84 Å². The van der Waals surface area contributed by atoms with Crippen LogP contribution >= 0.6 is 23.7 Å². The van der Waals surface area contributed by atoms with Crippen molar-refractivity contribution in [1.82, 2.24) is 0 Å². The molecule has 0 aromatic heterocycles. The van der Waals surface area contributed by atoms with Gasteiger partial charge in [0, 0.05) is 0 Å². The van der Waals surface area contributed by atoms with Gasteiger partial charge in [-0.3, -0.25) is 0 Å². The molecule has 0 saturated carbocycles. The molecule has 0 atom stereocenters. The number of hydrogen-bond donors (Lipinski definition) is 0. The number of halogens is 2. The summed E-state index contributed by atoms with van der Waals surface area (Å²) in [6.07, 6.45) is 0. The van der Waals surface area contributed by atoms with Crippen molar-refractivity contribution in [2.75, 3.05) is 0 Å². The summed E-state index contributed by atoms with van der Waals surface area (Å²) in [6.45, 7) is 0. The van der Waals surface area contributed by atoms with Crippen LogP contribution in [0.3, 0.4) is 0 Å². The standard InChI is InChI=1S/Cl2O.H2O/c1-3-2;/h;1H2. The quantitative estimate of drug-likeness (QED) is 0.441. The first-order valence-electron chi connectivity index (χ1n) is 0.309. The van der Waals surface area contributed by atoms with Gasteiger partial charge >= 0.3 is 0 Å². The Morgan fingerprint density at radius 3 is 1.25 bits per heavy atom. The predicted octanol–water partition coefficient (Wildman–Crippen LogP) is 0.486. The highest BCUT2D eigenvalue weighted by Crippen LogP contribution is 1.78. The summed E-state index contributed by atoms with van der Waals surface area (Å²) in [5.41, 5.74) is 0. The fourth-order valence-electron chi connectivity index (χ4n) is 0. The molecule has 0 aromatic carbocycles. The van der Waals surface area contributed by atoms with Crippen molar-refractivity contribution >= 4 is 23.7 Å². The zero-order valence-corrected chi connectivity index (χ0v) is 3.18. The van der Waals surface area contributed by atoms with E-state index in [0.717, 1.165) is 0 Å². The van der Waals surface area contributed by atoms with Crippen LogP contribution in [-0.2, 0) is 3.84 Å². The zero-order chi connectivity index (χ0) is 2.71. The van der Waals surface area contributed by atoms with E-state index in [4.69, 9.17) is 0 Å². The number of hydrogen-bond acceptors (Lipinski definition) is 1. The highest BCUT2D eigenvalue weighted by atomic mass is 35.6. The van der Waals surface area contributed by atoms with E-state index in [9.17, 15) is 0 Å². The lowest BCUT2D eigenvalue weighted by molar-refractivity contribution is 0.697. The van der Waals surface area contributed by atoms with Crippen molar-refractivity contribution in [1.29, 1.82) is 0 Å². The van der Waals surface area contributed by atoms with Crippen molar-refractivity contribution in [3.8, 4) is 0 Å². The molecule has 0 aliphatic rings. The van der Waals surface area contributed by atoms with Gasteiger partial charge in [0.2, 0.25) is 0 Å². The van der Waals surface area contributed by atoms with E-state index in [-0.39, 0.29) is 5.48 Å². The summed E-state index contributed by atoms with van der Waals surface area (Å²) in [7, 11) is 0. The lowest BCUT2D eigenvalue weighted by Crippen LogP contribution is -1.15. The highest BCUT2D eigenvalue weighted by Gasteiger charge is 1.38. The molecule has 0 spiro atoms. The third-order valence-corrected chi connectivity index (χ3v) is 0. The van der Waals surface area contributed by atoms with Gasteiger partial charge in [0.25, 0.3) is 0 Å². The van der Waals surface area contributed by atoms with Gasteiger partial charge in [0.05, 0.1) is 23.7 Å². The molecule has 0 heterocycles.